The minimum atomic E-state index is 0.350. The van der Waals surface area contributed by atoms with Crippen molar-refractivity contribution in [1.29, 1.82) is 0 Å². The van der Waals surface area contributed by atoms with Crippen molar-refractivity contribution in [2.24, 2.45) is 0 Å². The Morgan fingerprint density at radius 1 is 1.14 bits per heavy atom. The van der Waals surface area contributed by atoms with Crippen molar-refractivity contribution in [1.82, 2.24) is 35.7 Å². The number of H-pyrrole nitrogens is 1. The zero-order valence-corrected chi connectivity index (χ0v) is 12.6. The summed E-state index contributed by atoms with van der Waals surface area (Å²) >= 11 is 0. The third-order valence-corrected chi connectivity index (χ3v) is 4.80. The number of rotatable bonds is 4. The van der Waals surface area contributed by atoms with Gasteiger partial charge in [0, 0.05) is 18.4 Å². The molecule has 0 radical (unpaired) electrons. The molecule has 8 heteroatoms. The van der Waals surface area contributed by atoms with Crippen LogP contribution >= 0.6 is 0 Å². The molecule has 0 spiro atoms. The Balaban J connectivity index is 1.35. The van der Waals surface area contributed by atoms with Crippen molar-refractivity contribution < 1.29 is 4.52 Å². The highest BCUT2D eigenvalue weighted by atomic mass is 16.5. The molecule has 0 aromatic carbocycles. The molecule has 8 nitrogen and oxygen atoms in total. The van der Waals surface area contributed by atoms with Crippen LogP contribution in [0.25, 0.3) is 0 Å². The van der Waals surface area contributed by atoms with Crippen molar-refractivity contribution in [2.45, 2.75) is 56.9 Å². The second-order valence-corrected chi connectivity index (χ2v) is 6.37. The first kappa shape index (κ1) is 13.8. The standard InChI is InChI=1S/C14H21N7O/c1-2-4-10(5-3-1)14-15-12(18-22-14)9-21-7-6-11(8-21)13-16-19-20-17-13/h10-11H,1-9H2,(H,16,17,19,20). The molecule has 1 saturated carbocycles. The number of likely N-dealkylation sites (tertiary alicyclic amines) is 1. The first-order valence-electron chi connectivity index (χ1n) is 8.16. The maximum absolute atomic E-state index is 5.49. The van der Waals surface area contributed by atoms with Gasteiger partial charge in [-0.05, 0) is 25.8 Å². The van der Waals surface area contributed by atoms with Crippen LogP contribution in [-0.4, -0.2) is 48.8 Å². The molecule has 2 fully saturated rings. The van der Waals surface area contributed by atoms with E-state index in [0.29, 0.717) is 11.8 Å². The summed E-state index contributed by atoms with van der Waals surface area (Å²) in [7, 11) is 0. The summed E-state index contributed by atoms with van der Waals surface area (Å²) in [4.78, 5) is 6.95. The molecule has 1 saturated heterocycles. The molecule has 3 heterocycles. The maximum atomic E-state index is 5.49. The maximum Gasteiger partial charge on any atom is 0.229 e. The van der Waals surface area contributed by atoms with Gasteiger partial charge < -0.3 is 4.52 Å². The normalized spacial score (nSPS) is 24.1. The molecule has 0 amide bonds. The molecular weight excluding hydrogens is 282 g/mol. The number of aromatic nitrogens is 6. The van der Waals surface area contributed by atoms with Gasteiger partial charge in [-0.2, -0.15) is 10.2 Å². The SMILES string of the molecule is C1CCC(c2nc(CN3CCC(c4nn[nH]n4)C3)no2)CC1. The lowest BCUT2D eigenvalue weighted by Crippen LogP contribution is -2.20. The highest BCUT2D eigenvalue weighted by Crippen LogP contribution is 2.31. The van der Waals surface area contributed by atoms with E-state index >= 15 is 0 Å². The van der Waals surface area contributed by atoms with E-state index in [1.165, 1.54) is 32.1 Å². The molecule has 1 aliphatic heterocycles. The van der Waals surface area contributed by atoms with Crippen LogP contribution in [0.1, 0.15) is 67.9 Å². The van der Waals surface area contributed by atoms with Gasteiger partial charge >= 0.3 is 0 Å². The fourth-order valence-electron chi connectivity index (χ4n) is 3.58. The number of nitrogens with zero attached hydrogens (tertiary/aromatic N) is 6. The molecule has 1 aliphatic carbocycles. The van der Waals surface area contributed by atoms with E-state index in [9.17, 15) is 0 Å². The van der Waals surface area contributed by atoms with Crippen LogP contribution in [0.2, 0.25) is 0 Å². The quantitative estimate of drug-likeness (QED) is 0.916. The van der Waals surface area contributed by atoms with Gasteiger partial charge in [-0.1, -0.05) is 29.6 Å². The lowest BCUT2D eigenvalue weighted by Gasteiger charge is -2.17. The minimum Gasteiger partial charge on any atom is -0.339 e. The predicted octanol–water partition coefficient (Wildman–Crippen LogP) is 1.62. The molecular formula is C14H21N7O. The Hall–Kier alpha value is -1.83. The van der Waals surface area contributed by atoms with Crippen molar-refractivity contribution in [3.63, 3.8) is 0 Å². The van der Waals surface area contributed by atoms with Gasteiger partial charge in [0.1, 0.15) is 0 Å². The van der Waals surface area contributed by atoms with Crippen molar-refractivity contribution in [2.75, 3.05) is 13.1 Å². The van der Waals surface area contributed by atoms with Gasteiger partial charge in [-0.3, -0.25) is 4.90 Å². The first-order valence-corrected chi connectivity index (χ1v) is 8.16. The highest BCUT2D eigenvalue weighted by molar-refractivity contribution is 4.99. The van der Waals surface area contributed by atoms with Crippen LogP contribution in [0.15, 0.2) is 4.52 Å². The zero-order valence-electron chi connectivity index (χ0n) is 12.6. The van der Waals surface area contributed by atoms with Crippen LogP contribution in [0.3, 0.4) is 0 Å². The molecule has 1 atom stereocenters. The number of hydrogen-bond donors (Lipinski definition) is 1. The molecule has 2 aliphatic rings. The third-order valence-electron chi connectivity index (χ3n) is 4.80. The Labute approximate surface area is 128 Å². The monoisotopic (exact) mass is 303 g/mol. The summed E-state index contributed by atoms with van der Waals surface area (Å²) in [5.41, 5.74) is 0. The topological polar surface area (TPSA) is 96.6 Å². The van der Waals surface area contributed by atoms with E-state index in [1.807, 2.05) is 0 Å². The Bertz CT molecular complexity index is 590. The lowest BCUT2D eigenvalue weighted by molar-refractivity contribution is 0.294. The molecule has 118 valence electrons. The summed E-state index contributed by atoms with van der Waals surface area (Å²) in [6.07, 6.45) is 7.31. The molecule has 2 aromatic heterocycles. The Morgan fingerprint density at radius 3 is 2.86 bits per heavy atom. The fourth-order valence-corrected chi connectivity index (χ4v) is 3.58. The molecule has 0 bridgehead atoms. The van der Waals surface area contributed by atoms with Crippen LogP contribution in [0.4, 0.5) is 0 Å². The minimum absolute atomic E-state index is 0.350. The lowest BCUT2D eigenvalue weighted by atomic mass is 9.89. The average Bonchev–Trinajstić information content (AvgIpc) is 3.30. The van der Waals surface area contributed by atoms with Crippen LogP contribution in [-0.2, 0) is 6.54 Å². The van der Waals surface area contributed by atoms with Crippen molar-refractivity contribution >= 4 is 0 Å². The highest BCUT2D eigenvalue weighted by Gasteiger charge is 2.28. The van der Waals surface area contributed by atoms with Crippen LogP contribution < -0.4 is 0 Å². The van der Waals surface area contributed by atoms with E-state index in [-0.39, 0.29) is 0 Å². The first-order chi connectivity index (χ1) is 10.9. The van der Waals surface area contributed by atoms with E-state index in [2.05, 4.69) is 35.7 Å². The van der Waals surface area contributed by atoms with Gasteiger partial charge in [-0.25, -0.2) is 0 Å². The zero-order chi connectivity index (χ0) is 14.8. The molecule has 1 N–H and O–H groups in total. The van der Waals surface area contributed by atoms with Gasteiger partial charge in [0.2, 0.25) is 5.89 Å². The second-order valence-electron chi connectivity index (χ2n) is 6.37. The van der Waals surface area contributed by atoms with Crippen molar-refractivity contribution in [3.05, 3.63) is 17.5 Å². The molecule has 2 aromatic rings. The average molecular weight is 303 g/mol. The predicted molar refractivity (Wildman–Crippen MR) is 76.9 cm³/mol. The summed E-state index contributed by atoms with van der Waals surface area (Å²) in [6, 6.07) is 0. The number of hydrogen-bond acceptors (Lipinski definition) is 7. The summed E-state index contributed by atoms with van der Waals surface area (Å²) < 4.78 is 5.49. The van der Waals surface area contributed by atoms with Gasteiger partial charge in [-0.15, -0.1) is 10.2 Å². The number of nitrogens with one attached hydrogen (secondary N) is 1. The number of tetrazole rings is 1. The van der Waals surface area contributed by atoms with Gasteiger partial charge in [0.25, 0.3) is 0 Å². The fraction of sp³-hybridized carbons (Fsp3) is 0.786. The summed E-state index contributed by atoms with van der Waals surface area (Å²) in [6.45, 7) is 2.67. The second kappa shape index (κ2) is 6.12. The van der Waals surface area contributed by atoms with Crippen LogP contribution in [0, 0.1) is 0 Å². The Kier molecular flexibility index (Phi) is 3.84. The van der Waals surface area contributed by atoms with E-state index in [4.69, 9.17) is 4.52 Å². The smallest absolute Gasteiger partial charge is 0.229 e. The Morgan fingerprint density at radius 2 is 2.05 bits per heavy atom. The van der Waals surface area contributed by atoms with E-state index < -0.39 is 0 Å². The number of aromatic amines is 1. The van der Waals surface area contributed by atoms with Gasteiger partial charge in [0.05, 0.1) is 6.54 Å². The summed E-state index contributed by atoms with van der Waals surface area (Å²) in [5.74, 6) is 3.26. The van der Waals surface area contributed by atoms with Crippen molar-refractivity contribution in [3.8, 4) is 0 Å². The largest absolute Gasteiger partial charge is 0.339 e. The van der Waals surface area contributed by atoms with E-state index in [1.54, 1.807) is 0 Å². The van der Waals surface area contributed by atoms with Crippen LogP contribution in [0.5, 0.6) is 0 Å². The van der Waals surface area contributed by atoms with E-state index in [0.717, 1.165) is 43.6 Å². The molecule has 4 rings (SSSR count). The summed E-state index contributed by atoms with van der Waals surface area (Å²) in [5, 5.41) is 18.5. The third kappa shape index (κ3) is 2.87. The van der Waals surface area contributed by atoms with Gasteiger partial charge in [0.15, 0.2) is 11.6 Å². The molecule has 22 heavy (non-hydrogen) atoms. The molecule has 1 unspecified atom stereocenters.